The molecule has 0 aliphatic rings. The number of carbonyl (C=O) groups is 2. The summed E-state index contributed by atoms with van der Waals surface area (Å²) in [5, 5.41) is 15.0. The largest absolute Gasteiger partial charge is 0.418 e. The van der Waals surface area contributed by atoms with Crippen LogP contribution >= 0.6 is 11.8 Å². The fraction of sp³-hybridized carbons (Fsp3) is 0.130. The van der Waals surface area contributed by atoms with E-state index in [2.05, 4.69) is 10.6 Å². The number of hydrogen-bond acceptors (Lipinski definition) is 5. The van der Waals surface area contributed by atoms with Crippen LogP contribution in [0.15, 0.2) is 77.7 Å². The second kappa shape index (κ2) is 10.4. The van der Waals surface area contributed by atoms with Gasteiger partial charge in [-0.15, -0.1) is 11.8 Å². The Kier molecular flexibility index (Phi) is 7.57. The van der Waals surface area contributed by atoms with Crippen LogP contribution in [0.5, 0.6) is 0 Å². The number of para-hydroxylation sites is 1. The Morgan fingerprint density at radius 3 is 2.29 bits per heavy atom. The van der Waals surface area contributed by atoms with Gasteiger partial charge >= 0.3 is 6.18 Å². The van der Waals surface area contributed by atoms with Gasteiger partial charge < -0.3 is 10.6 Å². The molecule has 34 heavy (non-hydrogen) atoms. The van der Waals surface area contributed by atoms with Crippen molar-refractivity contribution >= 4 is 40.6 Å². The third-order valence-corrected chi connectivity index (χ3v) is 5.70. The highest BCUT2D eigenvalue weighted by Gasteiger charge is 2.33. The first kappa shape index (κ1) is 24.8. The average molecular weight is 489 g/mol. The van der Waals surface area contributed by atoms with Crippen molar-refractivity contribution in [1.29, 1.82) is 0 Å². The van der Waals surface area contributed by atoms with Crippen molar-refractivity contribution in [3.05, 3.63) is 94.0 Å². The zero-order valence-corrected chi connectivity index (χ0v) is 18.4. The van der Waals surface area contributed by atoms with Gasteiger partial charge in [-0.3, -0.25) is 19.7 Å². The van der Waals surface area contributed by atoms with Gasteiger partial charge in [0.2, 0.25) is 5.91 Å². The number of nitro benzene ring substituents is 1. The molecule has 3 aromatic carbocycles. The van der Waals surface area contributed by atoms with Crippen molar-refractivity contribution in [2.75, 3.05) is 10.6 Å². The number of amides is 2. The molecular formula is C23H18F3N3O4S. The molecule has 0 saturated carbocycles. The lowest BCUT2D eigenvalue weighted by atomic mass is 10.1. The lowest BCUT2D eigenvalue weighted by molar-refractivity contribution is -0.384. The van der Waals surface area contributed by atoms with Crippen LogP contribution in [0, 0.1) is 10.1 Å². The first-order valence-corrected chi connectivity index (χ1v) is 10.7. The van der Waals surface area contributed by atoms with E-state index in [9.17, 15) is 32.9 Å². The molecule has 0 radical (unpaired) electrons. The molecule has 3 rings (SSSR count). The summed E-state index contributed by atoms with van der Waals surface area (Å²) < 4.78 is 39.5. The molecule has 0 aromatic heterocycles. The first-order valence-electron chi connectivity index (χ1n) is 9.84. The number of nitrogens with zero attached hydrogens (tertiary/aromatic N) is 1. The Hall–Kier alpha value is -3.86. The highest BCUT2D eigenvalue weighted by atomic mass is 32.2. The van der Waals surface area contributed by atoms with Gasteiger partial charge in [0.05, 0.1) is 21.4 Å². The van der Waals surface area contributed by atoms with E-state index in [0.717, 1.165) is 17.8 Å². The smallest absolute Gasteiger partial charge is 0.325 e. The number of rotatable bonds is 7. The third-order valence-electron chi connectivity index (χ3n) is 4.60. The fourth-order valence-corrected chi connectivity index (χ4v) is 3.84. The highest BCUT2D eigenvalue weighted by Crippen LogP contribution is 2.35. The minimum Gasteiger partial charge on any atom is -0.325 e. The summed E-state index contributed by atoms with van der Waals surface area (Å²) in [5.41, 5.74) is -0.753. The number of halogens is 3. The van der Waals surface area contributed by atoms with Gasteiger partial charge in [-0.25, -0.2) is 0 Å². The van der Waals surface area contributed by atoms with Gasteiger partial charge in [-0.05, 0) is 49.4 Å². The molecule has 1 unspecified atom stereocenters. The van der Waals surface area contributed by atoms with Crippen LogP contribution in [0.3, 0.4) is 0 Å². The molecule has 0 aliphatic heterocycles. The molecule has 0 fully saturated rings. The predicted molar refractivity (Wildman–Crippen MR) is 123 cm³/mol. The number of non-ortho nitro benzene ring substituents is 1. The van der Waals surface area contributed by atoms with E-state index in [-0.39, 0.29) is 16.9 Å². The first-order chi connectivity index (χ1) is 16.0. The van der Waals surface area contributed by atoms with Crippen molar-refractivity contribution in [3.63, 3.8) is 0 Å². The molecule has 3 aromatic rings. The summed E-state index contributed by atoms with van der Waals surface area (Å²) in [6.45, 7) is 1.55. The molecule has 0 spiro atoms. The van der Waals surface area contributed by atoms with Crippen molar-refractivity contribution in [2.45, 2.75) is 23.2 Å². The normalized spacial score (nSPS) is 12.0. The number of carbonyl (C=O) groups excluding carboxylic acids is 2. The second-order valence-corrected chi connectivity index (χ2v) is 8.49. The monoisotopic (exact) mass is 489 g/mol. The number of nitrogens with one attached hydrogen (secondary N) is 2. The second-order valence-electron chi connectivity index (χ2n) is 7.08. The molecule has 2 amide bonds. The summed E-state index contributed by atoms with van der Waals surface area (Å²) in [7, 11) is 0. The quantitative estimate of drug-likeness (QED) is 0.241. The van der Waals surface area contributed by atoms with E-state index in [1.54, 1.807) is 31.2 Å². The summed E-state index contributed by atoms with van der Waals surface area (Å²) in [6.07, 6.45) is -4.60. The maximum Gasteiger partial charge on any atom is 0.418 e. The Morgan fingerprint density at radius 2 is 1.65 bits per heavy atom. The van der Waals surface area contributed by atoms with E-state index in [1.807, 2.05) is 0 Å². The van der Waals surface area contributed by atoms with Crippen molar-refractivity contribution < 1.29 is 27.7 Å². The molecule has 2 N–H and O–H groups in total. The Labute approximate surface area is 196 Å². The Balaban J connectivity index is 1.65. The molecular weight excluding hydrogens is 471 g/mol. The Morgan fingerprint density at radius 1 is 0.971 bits per heavy atom. The van der Waals surface area contributed by atoms with Gasteiger partial charge in [0, 0.05) is 28.3 Å². The van der Waals surface area contributed by atoms with Crippen LogP contribution in [-0.2, 0) is 11.0 Å². The predicted octanol–water partition coefficient (Wildman–Crippen LogP) is 5.99. The number of nitro groups is 1. The van der Waals surface area contributed by atoms with E-state index in [1.165, 1.54) is 42.5 Å². The number of hydrogen-bond donors (Lipinski definition) is 2. The topological polar surface area (TPSA) is 101 Å². The van der Waals surface area contributed by atoms with Crippen LogP contribution < -0.4 is 10.6 Å². The molecule has 1 atom stereocenters. The Bertz CT molecular complexity index is 1220. The van der Waals surface area contributed by atoms with Gasteiger partial charge in [0.25, 0.3) is 11.6 Å². The van der Waals surface area contributed by atoms with E-state index < -0.39 is 33.7 Å². The summed E-state index contributed by atoms with van der Waals surface area (Å²) in [4.78, 5) is 35.7. The molecule has 0 heterocycles. The molecule has 0 saturated heterocycles. The number of anilines is 2. The van der Waals surface area contributed by atoms with E-state index in [0.29, 0.717) is 10.6 Å². The zero-order chi connectivity index (χ0) is 24.9. The van der Waals surface area contributed by atoms with Gasteiger partial charge in [-0.2, -0.15) is 13.2 Å². The number of thioether (sulfide) groups is 1. The minimum absolute atomic E-state index is 0.139. The summed E-state index contributed by atoms with van der Waals surface area (Å²) >= 11 is 1.11. The maximum absolute atomic E-state index is 13.2. The number of benzene rings is 3. The minimum atomic E-state index is -4.60. The summed E-state index contributed by atoms with van der Waals surface area (Å²) in [5.74, 6) is -1.09. The third kappa shape index (κ3) is 6.35. The standard InChI is InChI=1S/C23H18F3N3O4S/c1-14(21(30)28-20-8-3-2-7-19(20)23(24,25)26)34-18-6-4-5-16(13-18)27-22(31)15-9-11-17(12-10-15)29(32)33/h2-14H,1H3,(H,27,31)(H,28,30). The average Bonchev–Trinajstić information content (AvgIpc) is 2.79. The van der Waals surface area contributed by atoms with Crippen molar-refractivity contribution in [2.24, 2.45) is 0 Å². The van der Waals surface area contributed by atoms with Gasteiger partial charge in [0.15, 0.2) is 0 Å². The lowest BCUT2D eigenvalue weighted by Crippen LogP contribution is -2.24. The van der Waals surface area contributed by atoms with Crippen LogP contribution in [0.4, 0.5) is 30.2 Å². The molecule has 11 heteroatoms. The highest BCUT2D eigenvalue weighted by molar-refractivity contribution is 8.00. The summed E-state index contributed by atoms with van der Waals surface area (Å²) in [6, 6.07) is 16.4. The zero-order valence-electron chi connectivity index (χ0n) is 17.6. The van der Waals surface area contributed by atoms with Crippen molar-refractivity contribution in [1.82, 2.24) is 0 Å². The van der Waals surface area contributed by atoms with Crippen LogP contribution in [0.25, 0.3) is 0 Å². The molecule has 0 aliphatic carbocycles. The number of alkyl halides is 3. The van der Waals surface area contributed by atoms with Crippen molar-refractivity contribution in [3.8, 4) is 0 Å². The van der Waals surface area contributed by atoms with E-state index >= 15 is 0 Å². The fourth-order valence-electron chi connectivity index (χ4n) is 2.92. The van der Waals surface area contributed by atoms with E-state index in [4.69, 9.17) is 0 Å². The molecule has 7 nitrogen and oxygen atoms in total. The SMILES string of the molecule is CC(Sc1cccc(NC(=O)c2ccc([N+](=O)[O-])cc2)c1)C(=O)Nc1ccccc1C(F)(F)F. The molecule has 176 valence electrons. The van der Waals surface area contributed by atoms with Crippen LogP contribution in [0.1, 0.15) is 22.8 Å². The van der Waals surface area contributed by atoms with Crippen LogP contribution in [-0.4, -0.2) is 22.0 Å². The van der Waals surface area contributed by atoms with Gasteiger partial charge in [-0.1, -0.05) is 18.2 Å². The molecule has 0 bridgehead atoms. The lowest BCUT2D eigenvalue weighted by Gasteiger charge is -2.16. The maximum atomic E-state index is 13.2. The van der Waals surface area contributed by atoms with Crippen LogP contribution in [0.2, 0.25) is 0 Å². The van der Waals surface area contributed by atoms with Gasteiger partial charge in [0.1, 0.15) is 0 Å².